The number of phenolic OH excluding ortho intramolecular Hbond substituents is 1. The number of aromatic hydroxyl groups is 1. The van der Waals surface area contributed by atoms with E-state index < -0.39 is 10.8 Å². The van der Waals surface area contributed by atoms with Gasteiger partial charge < -0.3 is 5.11 Å². The summed E-state index contributed by atoms with van der Waals surface area (Å²) in [6.07, 6.45) is 1.14. The lowest BCUT2D eigenvalue weighted by atomic mass is 10.1. The van der Waals surface area contributed by atoms with Crippen molar-refractivity contribution in [1.82, 2.24) is 5.43 Å². The van der Waals surface area contributed by atoms with Crippen molar-refractivity contribution in [3.05, 3.63) is 67.7 Å². The van der Waals surface area contributed by atoms with Crippen LogP contribution in [0.15, 0.2) is 46.0 Å². The molecule has 2 N–H and O–H groups in total. The number of carbonyl (C=O) groups is 1. The molecule has 7 nitrogen and oxygen atoms in total. The van der Waals surface area contributed by atoms with Crippen molar-refractivity contribution in [2.45, 2.75) is 6.92 Å². The molecule has 0 spiro atoms. The van der Waals surface area contributed by atoms with Crippen LogP contribution < -0.4 is 5.43 Å². The van der Waals surface area contributed by atoms with Gasteiger partial charge >= 0.3 is 0 Å². The Hall–Kier alpha value is -2.74. The first-order valence-electron chi connectivity index (χ1n) is 6.45. The summed E-state index contributed by atoms with van der Waals surface area (Å²) in [7, 11) is 0. The van der Waals surface area contributed by atoms with Crippen molar-refractivity contribution in [1.29, 1.82) is 0 Å². The number of nitrogens with zero attached hydrogens (tertiary/aromatic N) is 2. The Kier molecular flexibility index (Phi) is 5.07. The van der Waals surface area contributed by atoms with Gasteiger partial charge in [0.2, 0.25) is 0 Å². The van der Waals surface area contributed by atoms with E-state index in [9.17, 15) is 20.0 Å². The van der Waals surface area contributed by atoms with Crippen LogP contribution in [-0.2, 0) is 0 Å². The molecular formula is C15H12BrN3O4. The summed E-state index contributed by atoms with van der Waals surface area (Å²) >= 11 is 3.03. The number of aryl methyl sites for hydroxylation is 1. The number of phenols is 1. The van der Waals surface area contributed by atoms with Gasteiger partial charge in [-0.05, 0) is 35.0 Å². The fourth-order valence-corrected chi connectivity index (χ4v) is 2.20. The molecule has 0 radical (unpaired) electrons. The lowest BCUT2D eigenvalue weighted by Gasteiger charge is -2.03. The summed E-state index contributed by atoms with van der Waals surface area (Å²) in [6.45, 7) is 1.91. The first-order chi connectivity index (χ1) is 10.9. The number of nitro groups is 1. The molecule has 2 aromatic rings. The van der Waals surface area contributed by atoms with Crippen LogP contribution in [0.2, 0.25) is 0 Å². The number of amides is 1. The molecule has 0 bridgehead atoms. The standard InChI is InChI=1S/C15H12BrN3O4/c1-9-2-4-10(5-3-9)15(21)18-17-8-11-6-12(19(22)23)7-13(16)14(11)20/h2-8,20H,1H3,(H,18,21). The lowest BCUT2D eigenvalue weighted by molar-refractivity contribution is -0.385. The first kappa shape index (κ1) is 16.6. The zero-order valence-electron chi connectivity index (χ0n) is 12.0. The summed E-state index contributed by atoms with van der Waals surface area (Å²) in [5, 5.41) is 24.4. The smallest absolute Gasteiger partial charge is 0.271 e. The summed E-state index contributed by atoms with van der Waals surface area (Å²) in [6, 6.07) is 9.23. The van der Waals surface area contributed by atoms with E-state index in [-0.39, 0.29) is 21.5 Å². The molecule has 23 heavy (non-hydrogen) atoms. The number of nitrogens with one attached hydrogen (secondary N) is 1. The third kappa shape index (κ3) is 4.13. The minimum absolute atomic E-state index is 0.107. The number of hydrogen-bond donors (Lipinski definition) is 2. The Morgan fingerprint density at radius 3 is 2.61 bits per heavy atom. The van der Waals surface area contributed by atoms with Crippen LogP contribution in [0, 0.1) is 17.0 Å². The third-order valence-corrected chi connectivity index (χ3v) is 3.58. The Morgan fingerprint density at radius 1 is 1.35 bits per heavy atom. The van der Waals surface area contributed by atoms with Gasteiger partial charge in [0, 0.05) is 23.3 Å². The molecule has 0 aliphatic carbocycles. The zero-order valence-corrected chi connectivity index (χ0v) is 13.6. The van der Waals surface area contributed by atoms with E-state index in [0.717, 1.165) is 17.8 Å². The molecule has 0 saturated carbocycles. The average molecular weight is 378 g/mol. The molecule has 8 heteroatoms. The highest BCUT2D eigenvalue weighted by Crippen LogP contribution is 2.31. The highest BCUT2D eigenvalue weighted by atomic mass is 79.9. The van der Waals surface area contributed by atoms with Crippen LogP contribution in [0.1, 0.15) is 21.5 Å². The van der Waals surface area contributed by atoms with Crippen molar-refractivity contribution in [3.63, 3.8) is 0 Å². The van der Waals surface area contributed by atoms with E-state index in [1.807, 2.05) is 6.92 Å². The van der Waals surface area contributed by atoms with Crippen molar-refractivity contribution in [3.8, 4) is 5.75 Å². The van der Waals surface area contributed by atoms with Crippen molar-refractivity contribution < 1.29 is 14.8 Å². The highest BCUT2D eigenvalue weighted by Gasteiger charge is 2.13. The molecule has 0 fully saturated rings. The van der Waals surface area contributed by atoms with Crippen LogP contribution in [0.5, 0.6) is 5.75 Å². The van der Waals surface area contributed by atoms with Crippen LogP contribution in [0.25, 0.3) is 0 Å². The van der Waals surface area contributed by atoms with Crippen LogP contribution >= 0.6 is 15.9 Å². The van der Waals surface area contributed by atoms with E-state index in [4.69, 9.17) is 0 Å². The van der Waals surface area contributed by atoms with E-state index in [0.29, 0.717) is 5.56 Å². The monoisotopic (exact) mass is 377 g/mol. The lowest BCUT2D eigenvalue weighted by Crippen LogP contribution is -2.17. The van der Waals surface area contributed by atoms with Gasteiger partial charge in [0.25, 0.3) is 11.6 Å². The number of benzene rings is 2. The second kappa shape index (κ2) is 7.01. The number of rotatable bonds is 4. The van der Waals surface area contributed by atoms with E-state index in [2.05, 4.69) is 26.5 Å². The maximum absolute atomic E-state index is 11.9. The van der Waals surface area contributed by atoms with Crippen molar-refractivity contribution in [2.24, 2.45) is 5.10 Å². The molecule has 0 heterocycles. The fraction of sp³-hybridized carbons (Fsp3) is 0.0667. The van der Waals surface area contributed by atoms with E-state index in [1.165, 1.54) is 6.07 Å². The number of hydrogen-bond acceptors (Lipinski definition) is 5. The Morgan fingerprint density at radius 2 is 2.00 bits per heavy atom. The topological polar surface area (TPSA) is 105 Å². The summed E-state index contributed by atoms with van der Waals surface area (Å²) in [4.78, 5) is 22.1. The van der Waals surface area contributed by atoms with Gasteiger partial charge in [0.1, 0.15) is 5.75 Å². The Balaban J connectivity index is 2.15. The maximum Gasteiger partial charge on any atom is 0.271 e. The number of hydrazone groups is 1. The van der Waals surface area contributed by atoms with Gasteiger partial charge in [-0.2, -0.15) is 5.10 Å². The number of halogens is 1. The molecule has 1 amide bonds. The predicted octanol–water partition coefficient (Wildman–Crippen LogP) is 3.14. The molecule has 0 saturated heterocycles. The minimum atomic E-state index is -0.591. The second-order valence-corrected chi connectivity index (χ2v) is 5.54. The predicted molar refractivity (Wildman–Crippen MR) is 88.7 cm³/mol. The van der Waals surface area contributed by atoms with Gasteiger partial charge in [-0.3, -0.25) is 14.9 Å². The molecule has 0 aromatic heterocycles. The van der Waals surface area contributed by atoms with E-state index in [1.54, 1.807) is 24.3 Å². The second-order valence-electron chi connectivity index (χ2n) is 4.69. The summed E-state index contributed by atoms with van der Waals surface area (Å²) < 4.78 is 0.165. The summed E-state index contributed by atoms with van der Waals surface area (Å²) in [5.74, 6) is -0.630. The molecule has 0 unspecified atom stereocenters. The van der Waals surface area contributed by atoms with Crippen LogP contribution in [0.4, 0.5) is 5.69 Å². The van der Waals surface area contributed by atoms with Crippen LogP contribution in [0.3, 0.4) is 0 Å². The molecule has 2 aromatic carbocycles. The average Bonchev–Trinajstić information content (AvgIpc) is 2.51. The van der Waals surface area contributed by atoms with Gasteiger partial charge in [-0.1, -0.05) is 17.7 Å². The quantitative estimate of drug-likeness (QED) is 0.484. The van der Waals surface area contributed by atoms with Gasteiger partial charge in [0.05, 0.1) is 15.6 Å². The maximum atomic E-state index is 11.9. The largest absolute Gasteiger partial charge is 0.506 e. The molecule has 0 atom stereocenters. The molecular weight excluding hydrogens is 366 g/mol. The molecule has 118 valence electrons. The van der Waals surface area contributed by atoms with Crippen LogP contribution in [-0.4, -0.2) is 22.2 Å². The minimum Gasteiger partial charge on any atom is -0.506 e. The van der Waals surface area contributed by atoms with Crippen molar-refractivity contribution in [2.75, 3.05) is 0 Å². The number of non-ortho nitro benzene ring substituents is 1. The molecule has 0 aliphatic heterocycles. The fourth-order valence-electron chi connectivity index (χ4n) is 1.74. The van der Waals surface area contributed by atoms with Gasteiger partial charge in [0.15, 0.2) is 0 Å². The first-order valence-corrected chi connectivity index (χ1v) is 7.25. The SMILES string of the molecule is Cc1ccc(C(=O)NN=Cc2cc([N+](=O)[O-])cc(Br)c2O)cc1. The summed E-state index contributed by atoms with van der Waals surface area (Å²) in [5.41, 5.74) is 3.65. The Labute approximate surface area is 139 Å². The third-order valence-electron chi connectivity index (χ3n) is 2.97. The number of carbonyl (C=O) groups excluding carboxylic acids is 1. The molecule has 2 rings (SSSR count). The number of nitro benzene ring substituents is 1. The molecule has 0 aliphatic rings. The van der Waals surface area contributed by atoms with Gasteiger partial charge in [-0.15, -0.1) is 0 Å². The van der Waals surface area contributed by atoms with E-state index >= 15 is 0 Å². The van der Waals surface area contributed by atoms with Gasteiger partial charge in [-0.25, -0.2) is 5.43 Å². The Bertz CT molecular complexity index is 788. The highest BCUT2D eigenvalue weighted by molar-refractivity contribution is 9.10. The zero-order chi connectivity index (χ0) is 17.0. The van der Waals surface area contributed by atoms with Crippen molar-refractivity contribution >= 4 is 33.7 Å². The normalized spacial score (nSPS) is 10.7.